The Morgan fingerprint density at radius 2 is 2.16 bits per heavy atom. The lowest BCUT2D eigenvalue weighted by atomic mass is 10.1. The number of fused-ring (bicyclic) bond motifs is 2. The van der Waals surface area contributed by atoms with Crippen molar-refractivity contribution in [2.45, 2.75) is 37.7 Å². The standard InChI is InChI=1S/C21H22F3N5O3/c22-21(23,24)17-4-6-28-19(31)8-18(26-9-16-13-7-12(13)11-32-16)27-20(28)29(17)10-15(30)14-3-1-2-5-25-14/h1-3,5,8,12-13,16-17,26H,4,6-7,9-11H2/t12?,13?,16-,17+/m1/s1. The second kappa shape index (κ2) is 7.88. The number of anilines is 2. The number of carbonyl (C=O) groups excluding carboxylic acids is 1. The highest BCUT2D eigenvalue weighted by molar-refractivity contribution is 5.97. The zero-order valence-corrected chi connectivity index (χ0v) is 17.1. The number of nitrogens with one attached hydrogen (secondary N) is 1. The van der Waals surface area contributed by atoms with E-state index in [1.807, 2.05) is 0 Å². The predicted molar refractivity (Wildman–Crippen MR) is 109 cm³/mol. The average molecular weight is 449 g/mol. The van der Waals surface area contributed by atoms with Gasteiger partial charge in [-0.15, -0.1) is 0 Å². The molecule has 1 saturated heterocycles. The third-order valence-corrected chi connectivity index (χ3v) is 6.35. The summed E-state index contributed by atoms with van der Waals surface area (Å²) in [6.07, 6.45) is -2.41. The monoisotopic (exact) mass is 449 g/mol. The second-order valence-electron chi connectivity index (χ2n) is 8.46. The van der Waals surface area contributed by atoms with Gasteiger partial charge in [0.1, 0.15) is 17.6 Å². The number of nitrogens with zero attached hydrogens (tertiary/aromatic N) is 4. The molecule has 1 saturated carbocycles. The van der Waals surface area contributed by atoms with Crippen LogP contribution < -0.4 is 15.8 Å². The van der Waals surface area contributed by atoms with E-state index < -0.39 is 30.1 Å². The van der Waals surface area contributed by atoms with Crippen LogP contribution in [0.1, 0.15) is 23.3 Å². The van der Waals surface area contributed by atoms with Crippen molar-refractivity contribution in [3.05, 3.63) is 46.5 Å². The van der Waals surface area contributed by atoms with Gasteiger partial charge in [0.15, 0.2) is 5.78 Å². The van der Waals surface area contributed by atoms with E-state index in [2.05, 4.69) is 15.3 Å². The Hall–Kier alpha value is -2.95. The molecule has 0 radical (unpaired) electrons. The molecule has 11 heteroatoms. The fraction of sp³-hybridized carbons (Fsp3) is 0.524. The average Bonchev–Trinajstić information content (AvgIpc) is 3.44. The number of alkyl halides is 3. The van der Waals surface area contributed by atoms with Crippen LogP contribution in [0.3, 0.4) is 0 Å². The van der Waals surface area contributed by atoms with Gasteiger partial charge in [-0.3, -0.25) is 19.1 Å². The van der Waals surface area contributed by atoms with Crippen molar-refractivity contribution in [2.24, 2.45) is 11.8 Å². The topological polar surface area (TPSA) is 89.4 Å². The van der Waals surface area contributed by atoms with Gasteiger partial charge in [-0.05, 0) is 36.8 Å². The van der Waals surface area contributed by atoms with Crippen molar-refractivity contribution in [1.29, 1.82) is 0 Å². The van der Waals surface area contributed by atoms with Crippen molar-refractivity contribution in [2.75, 3.05) is 29.9 Å². The van der Waals surface area contributed by atoms with Crippen LogP contribution in [-0.2, 0) is 11.3 Å². The van der Waals surface area contributed by atoms with E-state index >= 15 is 0 Å². The molecule has 1 aliphatic carbocycles. The van der Waals surface area contributed by atoms with E-state index in [-0.39, 0.29) is 36.5 Å². The fourth-order valence-electron chi connectivity index (χ4n) is 4.55. The maximum absolute atomic E-state index is 13.8. The summed E-state index contributed by atoms with van der Waals surface area (Å²) in [5.41, 5.74) is -0.412. The van der Waals surface area contributed by atoms with E-state index in [0.717, 1.165) is 11.3 Å². The lowest BCUT2D eigenvalue weighted by molar-refractivity contribution is -0.152. The van der Waals surface area contributed by atoms with Crippen molar-refractivity contribution in [3.63, 3.8) is 0 Å². The molecule has 0 spiro atoms. The molecule has 1 N–H and O–H groups in total. The zero-order chi connectivity index (χ0) is 22.5. The molecule has 4 atom stereocenters. The molecule has 0 amide bonds. The number of carbonyl (C=O) groups is 1. The van der Waals surface area contributed by atoms with Gasteiger partial charge in [0.25, 0.3) is 5.56 Å². The van der Waals surface area contributed by atoms with E-state index in [1.54, 1.807) is 12.1 Å². The molecule has 2 aliphatic heterocycles. The molecule has 2 aromatic rings. The maximum Gasteiger partial charge on any atom is 0.408 e. The van der Waals surface area contributed by atoms with Gasteiger partial charge in [0.05, 0.1) is 19.3 Å². The van der Waals surface area contributed by atoms with Gasteiger partial charge in [-0.1, -0.05) is 6.07 Å². The van der Waals surface area contributed by atoms with Gasteiger partial charge < -0.3 is 15.0 Å². The number of hydrogen-bond acceptors (Lipinski definition) is 7. The minimum Gasteiger partial charge on any atom is -0.376 e. The normalized spacial score (nSPS) is 26.4. The summed E-state index contributed by atoms with van der Waals surface area (Å²) in [6.45, 7) is 0.419. The minimum absolute atomic E-state index is 0.00495. The van der Waals surface area contributed by atoms with Gasteiger partial charge in [0.2, 0.25) is 5.95 Å². The summed E-state index contributed by atoms with van der Waals surface area (Å²) in [5.74, 6) is 0.495. The Labute approximate surface area is 181 Å². The minimum atomic E-state index is -4.59. The van der Waals surface area contributed by atoms with Crippen LogP contribution in [0.4, 0.5) is 24.9 Å². The first kappa shape index (κ1) is 20.9. The SMILES string of the molecule is O=C(CN1c2nc(NC[C@H]3OCC4CC43)cc(=O)n2CC[C@H]1C(F)(F)F)c1ccccn1. The Morgan fingerprint density at radius 1 is 1.31 bits per heavy atom. The largest absolute Gasteiger partial charge is 0.408 e. The molecule has 5 rings (SSSR count). The van der Waals surface area contributed by atoms with E-state index in [9.17, 15) is 22.8 Å². The summed E-state index contributed by atoms with van der Waals surface area (Å²) in [7, 11) is 0. The fourth-order valence-corrected chi connectivity index (χ4v) is 4.55. The molecule has 2 fully saturated rings. The zero-order valence-electron chi connectivity index (χ0n) is 17.1. The van der Waals surface area contributed by atoms with Crippen LogP contribution in [0.5, 0.6) is 0 Å². The smallest absolute Gasteiger partial charge is 0.376 e. The van der Waals surface area contributed by atoms with Crippen molar-refractivity contribution < 1.29 is 22.7 Å². The number of ether oxygens (including phenoxy) is 1. The van der Waals surface area contributed by atoms with Gasteiger partial charge >= 0.3 is 6.18 Å². The maximum atomic E-state index is 13.8. The molecule has 3 aliphatic rings. The highest BCUT2D eigenvalue weighted by Crippen LogP contribution is 2.47. The molecule has 2 aromatic heterocycles. The highest BCUT2D eigenvalue weighted by Gasteiger charge is 2.49. The van der Waals surface area contributed by atoms with Crippen molar-refractivity contribution >= 4 is 17.5 Å². The van der Waals surface area contributed by atoms with E-state index in [0.29, 0.717) is 25.0 Å². The Morgan fingerprint density at radius 3 is 2.81 bits per heavy atom. The quantitative estimate of drug-likeness (QED) is 0.676. The van der Waals surface area contributed by atoms with Crippen molar-refractivity contribution in [1.82, 2.24) is 14.5 Å². The molecular weight excluding hydrogens is 427 g/mol. The van der Waals surface area contributed by atoms with Gasteiger partial charge in [-0.2, -0.15) is 18.2 Å². The third kappa shape index (κ3) is 3.96. The molecule has 32 heavy (non-hydrogen) atoms. The molecular formula is C21H22F3N5O3. The van der Waals surface area contributed by atoms with Crippen LogP contribution in [0.15, 0.2) is 35.3 Å². The Balaban J connectivity index is 1.44. The van der Waals surface area contributed by atoms with Gasteiger partial charge in [-0.25, -0.2) is 0 Å². The van der Waals surface area contributed by atoms with Crippen LogP contribution >= 0.6 is 0 Å². The summed E-state index contributed by atoms with van der Waals surface area (Å²) in [5, 5.41) is 3.04. The lowest BCUT2D eigenvalue weighted by Crippen LogP contribution is -2.54. The van der Waals surface area contributed by atoms with Crippen molar-refractivity contribution in [3.8, 4) is 0 Å². The summed E-state index contributed by atoms with van der Waals surface area (Å²) in [6, 6.07) is 3.99. The summed E-state index contributed by atoms with van der Waals surface area (Å²) < 4.78 is 48.3. The van der Waals surface area contributed by atoms with Crippen LogP contribution in [0.25, 0.3) is 0 Å². The van der Waals surface area contributed by atoms with Gasteiger partial charge in [0, 0.05) is 25.4 Å². The Bertz CT molecular complexity index is 1070. The number of ketones is 1. The number of aromatic nitrogens is 3. The van der Waals surface area contributed by atoms with Crippen LogP contribution in [0.2, 0.25) is 0 Å². The van der Waals surface area contributed by atoms with Crippen LogP contribution in [0, 0.1) is 11.8 Å². The molecule has 0 aromatic carbocycles. The number of Topliss-reactive ketones (excluding diaryl/α,β-unsaturated/α-hetero) is 1. The molecule has 2 unspecified atom stereocenters. The molecule has 4 heterocycles. The van der Waals surface area contributed by atoms with E-state index in [1.165, 1.54) is 22.9 Å². The summed E-state index contributed by atoms with van der Waals surface area (Å²) in [4.78, 5) is 34.5. The number of rotatable bonds is 6. The first-order valence-corrected chi connectivity index (χ1v) is 10.6. The second-order valence-corrected chi connectivity index (χ2v) is 8.46. The molecule has 8 nitrogen and oxygen atoms in total. The van der Waals surface area contributed by atoms with Crippen LogP contribution in [-0.4, -0.2) is 58.3 Å². The summed E-state index contributed by atoms with van der Waals surface area (Å²) >= 11 is 0. The third-order valence-electron chi connectivity index (χ3n) is 6.35. The number of halogens is 3. The van der Waals surface area contributed by atoms with E-state index in [4.69, 9.17) is 4.74 Å². The first-order valence-electron chi connectivity index (χ1n) is 10.6. The lowest BCUT2D eigenvalue weighted by Gasteiger charge is -2.38. The first-order chi connectivity index (χ1) is 15.3. The molecule has 170 valence electrons. The number of pyridine rings is 1. The molecule has 0 bridgehead atoms. The Kier molecular flexibility index (Phi) is 5.15. The predicted octanol–water partition coefficient (Wildman–Crippen LogP) is 2.11. The number of hydrogen-bond donors (Lipinski definition) is 1. The highest BCUT2D eigenvalue weighted by atomic mass is 19.4.